The van der Waals surface area contributed by atoms with Gasteiger partial charge in [-0.25, -0.2) is 0 Å². The van der Waals surface area contributed by atoms with Crippen LogP contribution in [0.15, 0.2) is 24.4 Å². The summed E-state index contributed by atoms with van der Waals surface area (Å²) in [6, 6.07) is 4.86. The van der Waals surface area contributed by atoms with Gasteiger partial charge in [-0.3, -0.25) is 14.3 Å². The molecule has 2 aromatic rings. The molecule has 0 unspecified atom stereocenters. The van der Waals surface area contributed by atoms with Crippen LogP contribution in [0.1, 0.15) is 41.6 Å². The zero-order valence-corrected chi connectivity index (χ0v) is 16.3. The van der Waals surface area contributed by atoms with Crippen LogP contribution in [0.2, 0.25) is 0 Å². The molecule has 0 atom stereocenters. The van der Waals surface area contributed by atoms with Gasteiger partial charge in [0.25, 0.3) is 11.8 Å². The van der Waals surface area contributed by atoms with Crippen molar-refractivity contribution >= 4 is 17.5 Å². The molecule has 0 aliphatic rings. The van der Waals surface area contributed by atoms with E-state index in [0.29, 0.717) is 41.8 Å². The summed E-state index contributed by atoms with van der Waals surface area (Å²) in [5, 5.41) is 9.84. The largest absolute Gasteiger partial charge is 0.493 e. The van der Waals surface area contributed by atoms with Crippen LogP contribution in [0.3, 0.4) is 0 Å². The van der Waals surface area contributed by atoms with Crippen LogP contribution >= 0.6 is 0 Å². The third-order valence-corrected chi connectivity index (χ3v) is 3.87. The fraction of sp³-hybridized carbons (Fsp3) is 0.421. The van der Waals surface area contributed by atoms with Crippen LogP contribution in [-0.2, 0) is 6.54 Å². The summed E-state index contributed by atoms with van der Waals surface area (Å²) in [6.45, 7) is 7.02. The van der Waals surface area contributed by atoms with Crippen LogP contribution in [0.4, 0.5) is 5.69 Å². The summed E-state index contributed by atoms with van der Waals surface area (Å²) in [4.78, 5) is 25.1. The Morgan fingerprint density at radius 3 is 2.44 bits per heavy atom. The number of hydrogen-bond donors (Lipinski definition) is 2. The number of methoxy groups -OCH3 is 2. The highest BCUT2D eigenvalue weighted by molar-refractivity contribution is 6.08. The van der Waals surface area contributed by atoms with Crippen LogP contribution in [0.25, 0.3) is 0 Å². The number of nitrogens with zero attached hydrogens (tertiary/aromatic N) is 2. The molecule has 0 saturated carbocycles. The topological polar surface area (TPSA) is 94.5 Å². The van der Waals surface area contributed by atoms with E-state index < -0.39 is 0 Å². The summed E-state index contributed by atoms with van der Waals surface area (Å²) < 4.78 is 12.0. The van der Waals surface area contributed by atoms with Crippen molar-refractivity contribution < 1.29 is 19.1 Å². The van der Waals surface area contributed by atoms with Gasteiger partial charge in [0, 0.05) is 24.8 Å². The molecule has 0 aliphatic heterocycles. The smallest absolute Gasteiger partial charge is 0.273 e. The normalized spacial score (nSPS) is 10.6. The van der Waals surface area contributed by atoms with Gasteiger partial charge >= 0.3 is 0 Å². The average Bonchev–Trinajstić information content (AvgIpc) is 3.08. The molecule has 1 aromatic heterocycles. The lowest BCUT2D eigenvalue weighted by Crippen LogP contribution is -2.28. The summed E-state index contributed by atoms with van der Waals surface area (Å²) in [7, 11) is 3.03. The van der Waals surface area contributed by atoms with Gasteiger partial charge in [-0.1, -0.05) is 13.8 Å². The number of carbonyl (C=O) groups is 2. The van der Waals surface area contributed by atoms with Crippen molar-refractivity contribution in [1.29, 1.82) is 0 Å². The molecule has 0 aliphatic carbocycles. The van der Waals surface area contributed by atoms with Gasteiger partial charge in [0.05, 0.1) is 19.9 Å². The molecular formula is C19H26N4O4. The number of carbonyl (C=O) groups excluding carboxylic acids is 2. The average molecular weight is 374 g/mol. The van der Waals surface area contributed by atoms with Crippen molar-refractivity contribution in [1.82, 2.24) is 15.1 Å². The number of nitrogens with one attached hydrogen (secondary N) is 2. The van der Waals surface area contributed by atoms with Crippen molar-refractivity contribution in [3.05, 3.63) is 35.7 Å². The van der Waals surface area contributed by atoms with Gasteiger partial charge < -0.3 is 20.1 Å². The Morgan fingerprint density at radius 1 is 1.15 bits per heavy atom. The van der Waals surface area contributed by atoms with Crippen LogP contribution in [0, 0.1) is 5.92 Å². The molecule has 1 heterocycles. The Kier molecular flexibility index (Phi) is 6.81. The summed E-state index contributed by atoms with van der Waals surface area (Å²) in [5.41, 5.74) is 0.926. The fourth-order valence-electron chi connectivity index (χ4n) is 2.40. The van der Waals surface area contributed by atoms with Gasteiger partial charge in [0.2, 0.25) is 0 Å². The first-order valence-corrected chi connectivity index (χ1v) is 8.78. The predicted molar refractivity (Wildman–Crippen MR) is 103 cm³/mol. The summed E-state index contributed by atoms with van der Waals surface area (Å²) in [6.07, 6.45) is 1.64. The molecule has 2 N–H and O–H groups in total. The first-order valence-electron chi connectivity index (χ1n) is 8.78. The zero-order chi connectivity index (χ0) is 20.0. The Morgan fingerprint density at radius 2 is 1.85 bits per heavy atom. The summed E-state index contributed by atoms with van der Waals surface area (Å²) >= 11 is 0. The Bertz CT molecular complexity index is 814. The lowest BCUT2D eigenvalue weighted by molar-refractivity contribution is 0.0944. The molecule has 0 fully saturated rings. The summed E-state index contributed by atoms with van der Waals surface area (Å²) in [5.74, 6) is 0.598. The van der Waals surface area contributed by atoms with E-state index in [9.17, 15) is 9.59 Å². The van der Waals surface area contributed by atoms with E-state index in [2.05, 4.69) is 15.7 Å². The first-order chi connectivity index (χ1) is 12.9. The van der Waals surface area contributed by atoms with Crippen molar-refractivity contribution in [3.63, 3.8) is 0 Å². The SMILES string of the molecule is CCn1cc(NC(=O)c2ccc(OC)c(OC)c2)c(C(=O)NCC(C)C)n1. The standard InChI is InChI=1S/C19H26N4O4/c1-6-23-11-14(17(22-23)19(25)20-10-12(2)3)21-18(24)13-7-8-15(26-4)16(9-13)27-5/h7-9,11-12H,6,10H2,1-5H3,(H,20,25)(H,21,24). The van der Waals surface area contributed by atoms with Crippen LogP contribution < -0.4 is 20.1 Å². The second-order valence-corrected chi connectivity index (χ2v) is 6.37. The fourth-order valence-corrected chi connectivity index (χ4v) is 2.40. The van der Waals surface area contributed by atoms with Gasteiger partial charge in [-0.15, -0.1) is 0 Å². The van der Waals surface area contributed by atoms with Gasteiger partial charge in [-0.05, 0) is 31.0 Å². The third kappa shape index (κ3) is 4.99. The molecular weight excluding hydrogens is 348 g/mol. The minimum Gasteiger partial charge on any atom is -0.493 e. The highest BCUT2D eigenvalue weighted by Crippen LogP contribution is 2.28. The number of ether oxygens (including phenoxy) is 2. The number of amides is 2. The first kappa shape index (κ1) is 20.3. The van der Waals surface area contributed by atoms with Gasteiger partial charge in [0.1, 0.15) is 0 Å². The van der Waals surface area contributed by atoms with E-state index in [1.807, 2.05) is 20.8 Å². The van der Waals surface area contributed by atoms with Crippen molar-refractivity contribution in [2.45, 2.75) is 27.3 Å². The molecule has 8 heteroatoms. The lowest BCUT2D eigenvalue weighted by atomic mass is 10.2. The van der Waals surface area contributed by atoms with Gasteiger partial charge in [0.15, 0.2) is 17.2 Å². The minimum absolute atomic E-state index is 0.186. The van der Waals surface area contributed by atoms with E-state index in [1.165, 1.54) is 14.2 Å². The third-order valence-electron chi connectivity index (χ3n) is 3.87. The molecule has 0 bridgehead atoms. The maximum absolute atomic E-state index is 12.6. The molecule has 0 spiro atoms. The van der Waals surface area contributed by atoms with E-state index in [-0.39, 0.29) is 17.5 Å². The van der Waals surface area contributed by atoms with Gasteiger partial charge in [-0.2, -0.15) is 5.10 Å². The van der Waals surface area contributed by atoms with E-state index >= 15 is 0 Å². The van der Waals surface area contributed by atoms with Crippen LogP contribution in [-0.4, -0.2) is 42.4 Å². The minimum atomic E-state index is -0.371. The van der Waals surface area contributed by atoms with Crippen LogP contribution in [0.5, 0.6) is 11.5 Å². The number of rotatable bonds is 8. The number of benzene rings is 1. The monoisotopic (exact) mass is 374 g/mol. The molecule has 27 heavy (non-hydrogen) atoms. The van der Waals surface area contributed by atoms with Crippen molar-refractivity contribution in [2.75, 3.05) is 26.1 Å². The van der Waals surface area contributed by atoms with Crippen molar-refractivity contribution in [3.8, 4) is 11.5 Å². The van der Waals surface area contributed by atoms with E-state index in [1.54, 1.807) is 29.1 Å². The molecule has 0 radical (unpaired) electrons. The van der Waals surface area contributed by atoms with E-state index in [0.717, 1.165) is 0 Å². The number of aryl methyl sites for hydroxylation is 1. The number of anilines is 1. The Balaban J connectivity index is 2.24. The predicted octanol–water partition coefficient (Wildman–Crippen LogP) is 2.56. The highest BCUT2D eigenvalue weighted by Gasteiger charge is 2.20. The molecule has 0 saturated heterocycles. The van der Waals surface area contributed by atoms with E-state index in [4.69, 9.17) is 9.47 Å². The second kappa shape index (κ2) is 9.07. The molecule has 2 amide bonds. The lowest BCUT2D eigenvalue weighted by Gasteiger charge is -2.10. The van der Waals surface area contributed by atoms with Crippen molar-refractivity contribution in [2.24, 2.45) is 5.92 Å². The maximum atomic E-state index is 12.6. The molecule has 8 nitrogen and oxygen atoms in total. The molecule has 146 valence electrons. The molecule has 1 aromatic carbocycles. The Labute approximate surface area is 158 Å². The quantitative estimate of drug-likeness (QED) is 0.740. The number of hydrogen-bond acceptors (Lipinski definition) is 5. The zero-order valence-electron chi connectivity index (χ0n) is 16.3. The Hall–Kier alpha value is -3.03. The number of aromatic nitrogens is 2. The maximum Gasteiger partial charge on any atom is 0.273 e. The highest BCUT2D eigenvalue weighted by atomic mass is 16.5. The second-order valence-electron chi connectivity index (χ2n) is 6.37. The molecule has 2 rings (SSSR count).